The molecule has 5 heteroatoms. The van der Waals surface area contributed by atoms with Crippen LogP contribution in [0.3, 0.4) is 0 Å². The molecule has 0 spiro atoms. The lowest BCUT2D eigenvalue weighted by Crippen LogP contribution is -2.32. The highest BCUT2D eigenvalue weighted by molar-refractivity contribution is 5.92. The van der Waals surface area contributed by atoms with Crippen molar-refractivity contribution in [3.63, 3.8) is 0 Å². The molecule has 2 rings (SSSR count). The maximum atomic E-state index is 11.9. The van der Waals surface area contributed by atoms with Crippen molar-refractivity contribution in [2.24, 2.45) is 0 Å². The van der Waals surface area contributed by atoms with Crippen molar-refractivity contribution in [3.8, 4) is 0 Å². The second kappa shape index (κ2) is 6.00. The minimum atomic E-state index is -0.0770. The molecule has 0 saturated carbocycles. The number of carbonyl (C=O) groups is 1. The zero-order valence-electron chi connectivity index (χ0n) is 11.1. The van der Waals surface area contributed by atoms with E-state index in [2.05, 4.69) is 27.1 Å². The van der Waals surface area contributed by atoms with Crippen molar-refractivity contribution < 1.29 is 4.79 Å². The van der Waals surface area contributed by atoms with Gasteiger partial charge >= 0.3 is 0 Å². The second-order valence-corrected chi connectivity index (χ2v) is 4.99. The van der Waals surface area contributed by atoms with Gasteiger partial charge in [0.15, 0.2) is 0 Å². The Hall–Kier alpha value is -1.36. The van der Waals surface area contributed by atoms with Gasteiger partial charge in [-0.15, -0.1) is 0 Å². The predicted molar refractivity (Wildman–Crippen MR) is 70.6 cm³/mol. The fourth-order valence-electron chi connectivity index (χ4n) is 2.14. The molecule has 1 aromatic heterocycles. The Bertz CT molecular complexity index is 395. The standard InChI is InChI=1S/C13H22N4O/c1-3-10(2)16-13(18)12-8-17(9-15-12)11-5-4-6-14-7-11/h8-11,14H,3-7H2,1-2H3,(H,16,18). The first-order chi connectivity index (χ1) is 8.70. The SMILES string of the molecule is CCC(C)NC(=O)c1cn(C2CCCNC2)cn1. The third kappa shape index (κ3) is 3.10. The molecular formula is C13H22N4O. The van der Waals surface area contributed by atoms with E-state index in [1.807, 2.05) is 13.1 Å². The minimum Gasteiger partial charge on any atom is -0.348 e. The molecule has 5 nitrogen and oxygen atoms in total. The van der Waals surface area contributed by atoms with E-state index in [0.717, 1.165) is 25.9 Å². The predicted octanol–water partition coefficient (Wildman–Crippen LogP) is 1.34. The van der Waals surface area contributed by atoms with Gasteiger partial charge in [0.05, 0.1) is 6.33 Å². The Morgan fingerprint density at radius 1 is 1.72 bits per heavy atom. The molecule has 2 heterocycles. The van der Waals surface area contributed by atoms with Crippen molar-refractivity contribution in [2.45, 2.75) is 45.2 Å². The maximum absolute atomic E-state index is 11.9. The Morgan fingerprint density at radius 2 is 2.56 bits per heavy atom. The van der Waals surface area contributed by atoms with E-state index in [9.17, 15) is 4.79 Å². The highest BCUT2D eigenvalue weighted by Crippen LogP contribution is 2.16. The monoisotopic (exact) mass is 250 g/mol. The normalized spacial score (nSPS) is 21.6. The number of nitrogens with zero attached hydrogens (tertiary/aromatic N) is 2. The van der Waals surface area contributed by atoms with Crippen LogP contribution in [0, 0.1) is 0 Å². The van der Waals surface area contributed by atoms with E-state index in [0.29, 0.717) is 11.7 Å². The van der Waals surface area contributed by atoms with Crippen LogP contribution in [0.2, 0.25) is 0 Å². The van der Waals surface area contributed by atoms with E-state index in [-0.39, 0.29) is 11.9 Å². The minimum absolute atomic E-state index is 0.0770. The van der Waals surface area contributed by atoms with Gasteiger partial charge in [0.25, 0.3) is 5.91 Å². The molecule has 2 atom stereocenters. The van der Waals surface area contributed by atoms with Gasteiger partial charge in [0.2, 0.25) is 0 Å². The van der Waals surface area contributed by atoms with E-state index in [4.69, 9.17) is 0 Å². The van der Waals surface area contributed by atoms with Gasteiger partial charge in [0.1, 0.15) is 5.69 Å². The van der Waals surface area contributed by atoms with Gasteiger partial charge in [-0.25, -0.2) is 4.98 Å². The highest BCUT2D eigenvalue weighted by atomic mass is 16.1. The van der Waals surface area contributed by atoms with Crippen molar-refractivity contribution in [1.29, 1.82) is 0 Å². The van der Waals surface area contributed by atoms with Crippen LogP contribution < -0.4 is 10.6 Å². The van der Waals surface area contributed by atoms with Crippen LogP contribution in [0.4, 0.5) is 0 Å². The molecule has 0 aromatic carbocycles. The largest absolute Gasteiger partial charge is 0.348 e. The number of piperidine rings is 1. The van der Waals surface area contributed by atoms with E-state index < -0.39 is 0 Å². The summed E-state index contributed by atoms with van der Waals surface area (Å²) in [6.45, 7) is 6.10. The molecular weight excluding hydrogens is 228 g/mol. The summed E-state index contributed by atoms with van der Waals surface area (Å²) < 4.78 is 2.05. The quantitative estimate of drug-likeness (QED) is 0.847. The van der Waals surface area contributed by atoms with Crippen LogP contribution in [-0.4, -0.2) is 34.6 Å². The number of aromatic nitrogens is 2. The molecule has 0 aliphatic carbocycles. The molecule has 1 aliphatic rings. The Morgan fingerprint density at radius 3 is 3.22 bits per heavy atom. The summed E-state index contributed by atoms with van der Waals surface area (Å²) >= 11 is 0. The van der Waals surface area contributed by atoms with Crippen LogP contribution in [-0.2, 0) is 0 Å². The molecule has 0 bridgehead atoms. The maximum Gasteiger partial charge on any atom is 0.271 e. The molecule has 1 aliphatic heterocycles. The third-order valence-electron chi connectivity index (χ3n) is 3.52. The highest BCUT2D eigenvalue weighted by Gasteiger charge is 2.17. The van der Waals surface area contributed by atoms with E-state index >= 15 is 0 Å². The van der Waals surface area contributed by atoms with Crippen LogP contribution in [0.25, 0.3) is 0 Å². The zero-order valence-corrected chi connectivity index (χ0v) is 11.1. The fourth-order valence-corrected chi connectivity index (χ4v) is 2.14. The van der Waals surface area contributed by atoms with E-state index in [1.165, 1.54) is 6.42 Å². The number of hydrogen-bond donors (Lipinski definition) is 2. The lowest BCUT2D eigenvalue weighted by atomic mass is 10.1. The first-order valence-corrected chi connectivity index (χ1v) is 6.75. The molecule has 1 saturated heterocycles. The lowest BCUT2D eigenvalue weighted by Gasteiger charge is -2.23. The van der Waals surface area contributed by atoms with Crippen molar-refractivity contribution in [3.05, 3.63) is 18.2 Å². The molecule has 2 unspecified atom stereocenters. The summed E-state index contributed by atoms with van der Waals surface area (Å²) in [7, 11) is 0. The van der Waals surface area contributed by atoms with Crippen LogP contribution >= 0.6 is 0 Å². The van der Waals surface area contributed by atoms with Crippen molar-refractivity contribution in [1.82, 2.24) is 20.2 Å². The van der Waals surface area contributed by atoms with Crippen molar-refractivity contribution in [2.75, 3.05) is 13.1 Å². The summed E-state index contributed by atoms with van der Waals surface area (Å²) in [5.74, 6) is -0.0770. The Balaban J connectivity index is 1.98. The first kappa shape index (κ1) is 13.1. The number of carbonyl (C=O) groups excluding carboxylic acids is 1. The summed E-state index contributed by atoms with van der Waals surface area (Å²) in [4.78, 5) is 16.1. The molecule has 1 amide bonds. The van der Waals surface area contributed by atoms with E-state index in [1.54, 1.807) is 6.33 Å². The number of rotatable bonds is 4. The lowest BCUT2D eigenvalue weighted by molar-refractivity contribution is 0.0934. The molecule has 0 radical (unpaired) electrons. The van der Waals surface area contributed by atoms with Gasteiger partial charge in [-0.2, -0.15) is 0 Å². The number of nitrogens with one attached hydrogen (secondary N) is 2. The molecule has 1 aromatic rings. The molecule has 18 heavy (non-hydrogen) atoms. The fraction of sp³-hybridized carbons (Fsp3) is 0.692. The number of amides is 1. The van der Waals surface area contributed by atoms with Gasteiger partial charge in [-0.1, -0.05) is 6.92 Å². The summed E-state index contributed by atoms with van der Waals surface area (Å²) in [5.41, 5.74) is 0.515. The van der Waals surface area contributed by atoms with Crippen LogP contribution in [0.15, 0.2) is 12.5 Å². The summed E-state index contributed by atoms with van der Waals surface area (Å²) in [6, 6.07) is 0.621. The van der Waals surface area contributed by atoms with Crippen LogP contribution in [0.5, 0.6) is 0 Å². The zero-order chi connectivity index (χ0) is 13.0. The summed E-state index contributed by atoms with van der Waals surface area (Å²) in [5, 5.41) is 6.30. The molecule has 2 N–H and O–H groups in total. The summed E-state index contributed by atoms with van der Waals surface area (Å²) in [6.07, 6.45) is 6.88. The molecule has 1 fully saturated rings. The Labute approximate surface area is 108 Å². The van der Waals surface area contributed by atoms with Gasteiger partial charge in [0, 0.05) is 24.8 Å². The average Bonchev–Trinajstić information content (AvgIpc) is 2.89. The second-order valence-electron chi connectivity index (χ2n) is 4.99. The molecule has 100 valence electrons. The first-order valence-electron chi connectivity index (χ1n) is 6.75. The van der Waals surface area contributed by atoms with Gasteiger partial charge < -0.3 is 15.2 Å². The van der Waals surface area contributed by atoms with Crippen LogP contribution in [0.1, 0.15) is 49.6 Å². The average molecular weight is 250 g/mol. The third-order valence-corrected chi connectivity index (χ3v) is 3.52. The smallest absolute Gasteiger partial charge is 0.271 e. The van der Waals surface area contributed by atoms with Crippen molar-refractivity contribution >= 4 is 5.91 Å². The Kier molecular flexibility index (Phi) is 4.36. The number of imidazole rings is 1. The van der Waals surface area contributed by atoms with Gasteiger partial charge in [-0.3, -0.25) is 4.79 Å². The number of hydrogen-bond acceptors (Lipinski definition) is 3. The topological polar surface area (TPSA) is 59.0 Å². The van der Waals surface area contributed by atoms with Gasteiger partial charge in [-0.05, 0) is 32.7 Å².